The number of halogens is 2. The maximum atomic E-state index is 13.6. The number of piperazine rings is 1. The fourth-order valence-corrected chi connectivity index (χ4v) is 3.18. The molecule has 2 aromatic rings. The summed E-state index contributed by atoms with van der Waals surface area (Å²) in [6, 6.07) is 8.49. The second-order valence-electron chi connectivity index (χ2n) is 6.01. The molecule has 1 aliphatic heterocycles. The van der Waals surface area contributed by atoms with Gasteiger partial charge in [0.25, 0.3) is 0 Å². The van der Waals surface area contributed by atoms with Gasteiger partial charge in [-0.15, -0.1) is 0 Å². The number of hydrogen-bond donors (Lipinski definition) is 0. The van der Waals surface area contributed by atoms with Crippen LogP contribution in [0.5, 0.6) is 0 Å². The molecule has 138 valence electrons. The molecule has 2 heterocycles. The van der Waals surface area contributed by atoms with Crippen molar-refractivity contribution in [3.8, 4) is 6.07 Å². The maximum Gasteiger partial charge on any atom is 0.247 e. The number of anilines is 1. The normalized spacial score (nSPS) is 17.1. The minimum absolute atomic E-state index is 0.190. The predicted octanol–water partition coefficient (Wildman–Crippen LogP) is 2.70. The zero-order valence-corrected chi connectivity index (χ0v) is 15.2. The van der Waals surface area contributed by atoms with E-state index in [4.69, 9.17) is 11.6 Å². The monoisotopic (exact) mass is 385 g/mol. The lowest BCUT2D eigenvalue weighted by atomic mass is 10.1. The molecule has 1 unspecified atom stereocenters. The molecule has 1 amide bonds. The maximum absolute atomic E-state index is 13.6. The van der Waals surface area contributed by atoms with E-state index in [9.17, 15) is 14.4 Å². The number of amides is 1. The molecule has 1 fully saturated rings. The average molecular weight is 386 g/mol. The van der Waals surface area contributed by atoms with Crippen LogP contribution in [-0.2, 0) is 4.79 Å². The number of aromatic nitrogens is 2. The highest BCUT2D eigenvalue weighted by molar-refractivity contribution is 6.30. The molecule has 3 rings (SSSR count). The van der Waals surface area contributed by atoms with E-state index >= 15 is 0 Å². The molecule has 6 nitrogen and oxygen atoms in total. The SMILES string of the molecule is N#Cc1nccnc1N1CCN(C(=O)C=Cc2cccc(Cl)c2)C(CF)C1. The van der Waals surface area contributed by atoms with Crippen LogP contribution < -0.4 is 4.90 Å². The van der Waals surface area contributed by atoms with Crippen LogP contribution in [0.1, 0.15) is 11.3 Å². The Kier molecular flexibility index (Phi) is 5.99. The van der Waals surface area contributed by atoms with Crippen LogP contribution in [0.4, 0.5) is 10.2 Å². The Balaban J connectivity index is 1.71. The van der Waals surface area contributed by atoms with Crippen LogP contribution in [0, 0.1) is 11.3 Å². The molecule has 0 saturated carbocycles. The Morgan fingerprint density at radius 1 is 1.37 bits per heavy atom. The molecule has 1 aromatic heterocycles. The van der Waals surface area contributed by atoms with Crippen molar-refractivity contribution in [1.82, 2.24) is 14.9 Å². The lowest BCUT2D eigenvalue weighted by Gasteiger charge is -2.40. The summed E-state index contributed by atoms with van der Waals surface area (Å²) in [5.74, 6) is 0.150. The van der Waals surface area contributed by atoms with Crippen LogP contribution in [0.15, 0.2) is 42.7 Å². The fraction of sp³-hybridized carbons (Fsp3) is 0.263. The molecule has 1 aliphatic rings. The summed E-state index contributed by atoms with van der Waals surface area (Å²) >= 11 is 5.94. The van der Waals surface area contributed by atoms with Crippen molar-refractivity contribution in [2.45, 2.75) is 6.04 Å². The van der Waals surface area contributed by atoms with E-state index in [1.54, 1.807) is 29.2 Å². The highest BCUT2D eigenvalue weighted by Gasteiger charge is 2.31. The van der Waals surface area contributed by atoms with Crippen LogP contribution >= 0.6 is 11.6 Å². The number of alkyl halides is 1. The molecule has 8 heteroatoms. The third-order valence-corrected chi connectivity index (χ3v) is 4.53. The van der Waals surface area contributed by atoms with Gasteiger partial charge >= 0.3 is 0 Å². The van der Waals surface area contributed by atoms with Crippen LogP contribution in [0.2, 0.25) is 5.02 Å². The summed E-state index contributed by atoms with van der Waals surface area (Å²) < 4.78 is 13.6. The van der Waals surface area contributed by atoms with Crippen LogP contribution in [-0.4, -0.2) is 53.1 Å². The Bertz CT molecular complexity index is 898. The topological polar surface area (TPSA) is 73.1 Å². The summed E-state index contributed by atoms with van der Waals surface area (Å²) in [7, 11) is 0. The lowest BCUT2D eigenvalue weighted by molar-refractivity contribution is -0.129. The van der Waals surface area contributed by atoms with Gasteiger partial charge in [0.2, 0.25) is 5.91 Å². The van der Waals surface area contributed by atoms with Gasteiger partial charge in [-0.1, -0.05) is 23.7 Å². The second kappa shape index (κ2) is 8.60. The number of carbonyl (C=O) groups excluding carboxylic acids is 1. The molecular formula is C19H17ClFN5O. The van der Waals surface area contributed by atoms with Gasteiger partial charge in [0.05, 0.1) is 6.04 Å². The minimum Gasteiger partial charge on any atom is -0.350 e. The fourth-order valence-electron chi connectivity index (χ4n) is 2.98. The third kappa shape index (κ3) is 4.41. The molecule has 0 aliphatic carbocycles. The predicted molar refractivity (Wildman–Crippen MR) is 101 cm³/mol. The lowest BCUT2D eigenvalue weighted by Crippen LogP contribution is -2.56. The Hall–Kier alpha value is -2.98. The summed E-state index contributed by atoms with van der Waals surface area (Å²) in [6.45, 7) is 0.339. The van der Waals surface area contributed by atoms with E-state index in [2.05, 4.69) is 9.97 Å². The molecule has 0 radical (unpaired) electrons. The van der Waals surface area contributed by atoms with Gasteiger partial charge in [0.15, 0.2) is 11.5 Å². The zero-order chi connectivity index (χ0) is 19.2. The summed E-state index contributed by atoms with van der Waals surface area (Å²) in [6.07, 6.45) is 6.01. The van der Waals surface area contributed by atoms with Gasteiger partial charge in [0, 0.05) is 43.1 Å². The molecule has 1 atom stereocenters. The number of rotatable bonds is 4. The molecule has 0 bridgehead atoms. The molecule has 0 spiro atoms. The molecule has 1 aromatic carbocycles. The number of hydrogen-bond acceptors (Lipinski definition) is 5. The van der Waals surface area contributed by atoms with Gasteiger partial charge in [0.1, 0.15) is 12.7 Å². The first-order valence-electron chi connectivity index (χ1n) is 8.38. The smallest absolute Gasteiger partial charge is 0.247 e. The number of nitriles is 1. The first-order chi connectivity index (χ1) is 13.1. The number of nitrogens with zero attached hydrogens (tertiary/aromatic N) is 5. The summed E-state index contributed by atoms with van der Waals surface area (Å²) in [4.78, 5) is 24.0. The van der Waals surface area contributed by atoms with Crippen molar-refractivity contribution in [2.75, 3.05) is 31.2 Å². The van der Waals surface area contributed by atoms with Crippen molar-refractivity contribution in [2.24, 2.45) is 0 Å². The second-order valence-corrected chi connectivity index (χ2v) is 6.45. The number of benzene rings is 1. The van der Waals surface area contributed by atoms with Crippen molar-refractivity contribution < 1.29 is 9.18 Å². The van der Waals surface area contributed by atoms with Crippen molar-refractivity contribution in [1.29, 1.82) is 5.26 Å². The summed E-state index contributed by atoms with van der Waals surface area (Å²) in [5.41, 5.74) is 0.986. The van der Waals surface area contributed by atoms with Gasteiger partial charge in [-0.05, 0) is 23.8 Å². The number of carbonyl (C=O) groups is 1. The van der Waals surface area contributed by atoms with E-state index in [1.807, 2.05) is 12.1 Å². The summed E-state index contributed by atoms with van der Waals surface area (Å²) in [5, 5.41) is 9.75. The van der Waals surface area contributed by atoms with Crippen molar-refractivity contribution in [3.63, 3.8) is 0 Å². The van der Waals surface area contributed by atoms with E-state index in [-0.39, 0.29) is 18.1 Å². The molecule has 0 N–H and O–H groups in total. The van der Waals surface area contributed by atoms with E-state index in [0.29, 0.717) is 23.9 Å². The Labute approximate surface area is 161 Å². The molecule has 27 heavy (non-hydrogen) atoms. The van der Waals surface area contributed by atoms with Crippen molar-refractivity contribution >= 4 is 29.4 Å². The zero-order valence-electron chi connectivity index (χ0n) is 14.4. The van der Waals surface area contributed by atoms with E-state index in [1.165, 1.54) is 23.4 Å². The highest BCUT2D eigenvalue weighted by Crippen LogP contribution is 2.20. The first kappa shape index (κ1) is 18.8. The van der Waals surface area contributed by atoms with Gasteiger partial charge in [-0.25, -0.2) is 14.4 Å². The highest BCUT2D eigenvalue weighted by atomic mass is 35.5. The largest absolute Gasteiger partial charge is 0.350 e. The Morgan fingerprint density at radius 2 is 2.19 bits per heavy atom. The average Bonchev–Trinajstić information content (AvgIpc) is 2.71. The third-order valence-electron chi connectivity index (χ3n) is 4.30. The standard InChI is InChI=1S/C19H17ClFN5O/c20-15-3-1-2-14(10-15)4-5-18(27)26-9-8-25(13-16(26)11-21)19-17(12-22)23-6-7-24-19/h1-7,10,16H,8-9,11,13H2. The van der Waals surface area contributed by atoms with Gasteiger partial charge in [-0.3, -0.25) is 4.79 Å². The first-order valence-corrected chi connectivity index (χ1v) is 8.76. The Morgan fingerprint density at radius 3 is 2.93 bits per heavy atom. The quantitative estimate of drug-likeness (QED) is 0.756. The van der Waals surface area contributed by atoms with E-state index < -0.39 is 12.7 Å². The van der Waals surface area contributed by atoms with Gasteiger partial charge < -0.3 is 9.80 Å². The van der Waals surface area contributed by atoms with Crippen LogP contribution in [0.3, 0.4) is 0 Å². The molecular weight excluding hydrogens is 369 g/mol. The van der Waals surface area contributed by atoms with Crippen LogP contribution in [0.25, 0.3) is 6.08 Å². The van der Waals surface area contributed by atoms with E-state index in [0.717, 1.165) is 5.56 Å². The van der Waals surface area contributed by atoms with Gasteiger partial charge in [-0.2, -0.15) is 5.26 Å². The van der Waals surface area contributed by atoms with Crippen molar-refractivity contribution in [3.05, 3.63) is 59.0 Å². The minimum atomic E-state index is -0.685. The molecule has 1 saturated heterocycles.